The lowest BCUT2D eigenvalue weighted by Crippen LogP contribution is -2.00. The lowest BCUT2D eigenvalue weighted by molar-refractivity contribution is 0.0690. The van der Waals surface area contributed by atoms with Crippen molar-refractivity contribution in [1.82, 2.24) is 14.6 Å². The van der Waals surface area contributed by atoms with Gasteiger partial charge in [0.25, 0.3) is 0 Å². The molecule has 0 saturated carbocycles. The van der Waals surface area contributed by atoms with Gasteiger partial charge in [-0.05, 0) is 37.3 Å². The van der Waals surface area contributed by atoms with Crippen molar-refractivity contribution in [2.45, 2.75) is 6.92 Å². The standard InChI is InChI=1S/C14H10FN3O2/c1-8-6-11(9-2-4-10(15)5-3-9)16-13-7-12(14(19)20)17-18(8)13/h2-7H,1H3,(H,19,20). The van der Waals surface area contributed by atoms with Crippen LogP contribution in [0.3, 0.4) is 0 Å². The van der Waals surface area contributed by atoms with E-state index in [0.29, 0.717) is 11.3 Å². The number of carboxylic acid groups (broad SMARTS) is 1. The molecule has 0 amide bonds. The third-order valence-electron chi connectivity index (χ3n) is 2.96. The molecule has 1 aromatic carbocycles. The topological polar surface area (TPSA) is 67.5 Å². The summed E-state index contributed by atoms with van der Waals surface area (Å²) in [6, 6.07) is 9.15. The van der Waals surface area contributed by atoms with Crippen LogP contribution in [0.25, 0.3) is 16.9 Å². The number of carbonyl (C=O) groups is 1. The number of aromatic nitrogens is 3. The van der Waals surface area contributed by atoms with Crippen LogP contribution in [0.2, 0.25) is 0 Å². The van der Waals surface area contributed by atoms with Crippen LogP contribution in [0.4, 0.5) is 4.39 Å². The van der Waals surface area contributed by atoms with E-state index >= 15 is 0 Å². The Morgan fingerprint density at radius 1 is 1.25 bits per heavy atom. The van der Waals surface area contributed by atoms with Gasteiger partial charge >= 0.3 is 5.97 Å². The number of hydrogen-bond donors (Lipinski definition) is 1. The van der Waals surface area contributed by atoms with Crippen molar-refractivity contribution in [2.24, 2.45) is 0 Å². The first kappa shape index (κ1) is 12.3. The molecule has 2 aromatic heterocycles. The summed E-state index contributed by atoms with van der Waals surface area (Å²) in [5.41, 5.74) is 2.54. The van der Waals surface area contributed by atoms with Gasteiger partial charge in [-0.2, -0.15) is 5.10 Å². The molecule has 6 heteroatoms. The van der Waals surface area contributed by atoms with Gasteiger partial charge in [-0.25, -0.2) is 18.7 Å². The van der Waals surface area contributed by atoms with Crippen molar-refractivity contribution in [3.63, 3.8) is 0 Å². The highest BCUT2D eigenvalue weighted by Crippen LogP contribution is 2.20. The number of nitrogens with zero attached hydrogens (tertiary/aromatic N) is 3. The average molecular weight is 271 g/mol. The number of carboxylic acids is 1. The zero-order valence-corrected chi connectivity index (χ0v) is 10.5. The molecule has 0 unspecified atom stereocenters. The monoisotopic (exact) mass is 271 g/mol. The van der Waals surface area contributed by atoms with E-state index in [-0.39, 0.29) is 11.5 Å². The van der Waals surface area contributed by atoms with Crippen LogP contribution >= 0.6 is 0 Å². The molecule has 20 heavy (non-hydrogen) atoms. The fourth-order valence-electron chi connectivity index (χ4n) is 2.00. The normalized spacial score (nSPS) is 10.9. The summed E-state index contributed by atoms with van der Waals surface area (Å²) in [6.07, 6.45) is 0. The summed E-state index contributed by atoms with van der Waals surface area (Å²) in [4.78, 5) is 15.3. The zero-order chi connectivity index (χ0) is 14.3. The Labute approximate surface area is 113 Å². The van der Waals surface area contributed by atoms with Gasteiger partial charge < -0.3 is 5.11 Å². The van der Waals surface area contributed by atoms with Gasteiger partial charge in [-0.15, -0.1) is 0 Å². The Hall–Kier alpha value is -2.76. The summed E-state index contributed by atoms with van der Waals surface area (Å²) < 4.78 is 14.4. The minimum atomic E-state index is -1.10. The molecule has 0 radical (unpaired) electrons. The predicted molar refractivity (Wildman–Crippen MR) is 70.1 cm³/mol. The van der Waals surface area contributed by atoms with Crippen LogP contribution in [0.15, 0.2) is 36.4 Å². The van der Waals surface area contributed by atoms with Crippen molar-refractivity contribution >= 4 is 11.6 Å². The lowest BCUT2D eigenvalue weighted by Gasteiger charge is -2.04. The van der Waals surface area contributed by atoms with Crippen LogP contribution in [0.5, 0.6) is 0 Å². The number of fused-ring (bicyclic) bond motifs is 1. The lowest BCUT2D eigenvalue weighted by atomic mass is 10.1. The highest BCUT2D eigenvalue weighted by Gasteiger charge is 2.12. The van der Waals surface area contributed by atoms with Crippen LogP contribution in [-0.4, -0.2) is 25.7 Å². The van der Waals surface area contributed by atoms with Crippen molar-refractivity contribution in [3.05, 3.63) is 53.6 Å². The van der Waals surface area contributed by atoms with Crippen molar-refractivity contribution < 1.29 is 14.3 Å². The number of hydrogen-bond acceptors (Lipinski definition) is 3. The maximum atomic E-state index is 12.9. The molecule has 0 bridgehead atoms. The van der Waals surface area contributed by atoms with Gasteiger partial charge in [-0.1, -0.05) is 0 Å². The fourth-order valence-corrected chi connectivity index (χ4v) is 2.00. The third-order valence-corrected chi connectivity index (χ3v) is 2.96. The Morgan fingerprint density at radius 2 is 1.95 bits per heavy atom. The van der Waals surface area contributed by atoms with E-state index in [9.17, 15) is 9.18 Å². The molecule has 0 aliphatic carbocycles. The number of aromatic carboxylic acids is 1. The molecular weight excluding hydrogens is 261 g/mol. The minimum absolute atomic E-state index is 0.0585. The molecule has 3 aromatic rings. The maximum absolute atomic E-state index is 12.9. The molecule has 0 saturated heterocycles. The average Bonchev–Trinajstić information content (AvgIpc) is 2.84. The van der Waals surface area contributed by atoms with E-state index in [0.717, 1.165) is 11.3 Å². The summed E-state index contributed by atoms with van der Waals surface area (Å²) in [5, 5.41) is 12.9. The first-order valence-electron chi connectivity index (χ1n) is 5.91. The van der Waals surface area contributed by atoms with Crippen LogP contribution in [0.1, 0.15) is 16.2 Å². The second-order valence-corrected chi connectivity index (χ2v) is 4.39. The molecule has 100 valence electrons. The predicted octanol–water partition coefficient (Wildman–Crippen LogP) is 2.54. The molecule has 0 aliphatic heterocycles. The van der Waals surface area contributed by atoms with Gasteiger partial charge in [0.1, 0.15) is 5.82 Å². The van der Waals surface area contributed by atoms with Crippen LogP contribution < -0.4 is 0 Å². The van der Waals surface area contributed by atoms with E-state index in [1.165, 1.54) is 22.7 Å². The van der Waals surface area contributed by atoms with Crippen molar-refractivity contribution in [2.75, 3.05) is 0 Å². The van der Waals surface area contributed by atoms with Gasteiger partial charge in [-0.3, -0.25) is 0 Å². The molecule has 5 nitrogen and oxygen atoms in total. The molecule has 0 aliphatic rings. The van der Waals surface area contributed by atoms with Crippen molar-refractivity contribution in [3.8, 4) is 11.3 Å². The molecule has 2 heterocycles. The Kier molecular flexibility index (Phi) is 2.71. The molecule has 1 N–H and O–H groups in total. The fraction of sp³-hybridized carbons (Fsp3) is 0.0714. The number of aryl methyl sites for hydroxylation is 1. The second kappa shape index (κ2) is 4.41. The van der Waals surface area contributed by atoms with Gasteiger partial charge in [0, 0.05) is 17.3 Å². The van der Waals surface area contributed by atoms with E-state index < -0.39 is 5.97 Å². The van der Waals surface area contributed by atoms with E-state index in [1.807, 2.05) is 0 Å². The SMILES string of the molecule is Cc1cc(-c2ccc(F)cc2)nc2cc(C(=O)O)nn12. The van der Waals surface area contributed by atoms with Gasteiger partial charge in [0.2, 0.25) is 0 Å². The van der Waals surface area contributed by atoms with E-state index in [4.69, 9.17) is 5.11 Å². The summed E-state index contributed by atoms with van der Waals surface area (Å²) in [7, 11) is 0. The van der Waals surface area contributed by atoms with Crippen molar-refractivity contribution in [1.29, 1.82) is 0 Å². The first-order chi connectivity index (χ1) is 9.54. The summed E-state index contributed by atoms with van der Waals surface area (Å²) in [5.74, 6) is -1.41. The molecule has 0 atom stereocenters. The molecule has 0 spiro atoms. The third kappa shape index (κ3) is 2.01. The summed E-state index contributed by atoms with van der Waals surface area (Å²) >= 11 is 0. The number of rotatable bonds is 2. The Bertz CT molecular complexity index is 809. The number of benzene rings is 1. The van der Waals surface area contributed by atoms with E-state index in [1.54, 1.807) is 25.1 Å². The molecule has 3 rings (SSSR count). The zero-order valence-electron chi connectivity index (χ0n) is 10.5. The molecular formula is C14H10FN3O2. The Balaban J connectivity index is 2.18. The van der Waals surface area contributed by atoms with Gasteiger partial charge in [0.15, 0.2) is 11.3 Å². The van der Waals surface area contributed by atoms with E-state index in [2.05, 4.69) is 10.1 Å². The molecule has 0 fully saturated rings. The van der Waals surface area contributed by atoms with Crippen LogP contribution in [-0.2, 0) is 0 Å². The highest BCUT2D eigenvalue weighted by atomic mass is 19.1. The second-order valence-electron chi connectivity index (χ2n) is 4.39. The largest absolute Gasteiger partial charge is 0.476 e. The van der Waals surface area contributed by atoms with Gasteiger partial charge in [0.05, 0.1) is 5.69 Å². The maximum Gasteiger partial charge on any atom is 0.356 e. The van der Waals surface area contributed by atoms with Crippen LogP contribution in [0, 0.1) is 12.7 Å². The Morgan fingerprint density at radius 3 is 2.60 bits per heavy atom. The smallest absolute Gasteiger partial charge is 0.356 e. The minimum Gasteiger partial charge on any atom is -0.476 e. The first-order valence-corrected chi connectivity index (χ1v) is 5.91. The highest BCUT2D eigenvalue weighted by molar-refractivity contribution is 5.86. The quantitative estimate of drug-likeness (QED) is 0.777. The summed E-state index contributed by atoms with van der Waals surface area (Å²) in [6.45, 7) is 1.81. The number of halogens is 1.